The predicted molar refractivity (Wildman–Crippen MR) is 82.6 cm³/mol. The Morgan fingerprint density at radius 2 is 2.14 bits per heavy atom. The van der Waals surface area contributed by atoms with Crippen LogP contribution in [0.3, 0.4) is 0 Å². The molecule has 1 aromatic heterocycles. The molecule has 0 radical (unpaired) electrons. The van der Waals surface area contributed by atoms with Gasteiger partial charge in [-0.1, -0.05) is 12.8 Å². The van der Waals surface area contributed by atoms with Crippen LogP contribution in [0.4, 0.5) is 0 Å². The standard InChI is InChI=1S/C16H17NO3S/c18-15(12-3-4-14-11(8-12)5-6-21-14)17-9-13(16(19)20)7-10-1-2-10/h3-6,8,10,13H,1-2,7,9H2,(H,17,18)(H,19,20)/t13-/m0/s1. The number of fused-ring (bicyclic) bond motifs is 1. The number of rotatable bonds is 6. The van der Waals surface area contributed by atoms with Gasteiger partial charge in [-0.2, -0.15) is 0 Å². The zero-order valence-corrected chi connectivity index (χ0v) is 12.4. The summed E-state index contributed by atoms with van der Waals surface area (Å²) in [7, 11) is 0. The van der Waals surface area contributed by atoms with E-state index in [1.165, 1.54) is 0 Å². The summed E-state index contributed by atoms with van der Waals surface area (Å²) in [5.41, 5.74) is 0.580. The third-order valence-electron chi connectivity index (χ3n) is 3.89. The van der Waals surface area contributed by atoms with E-state index in [-0.39, 0.29) is 12.5 Å². The van der Waals surface area contributed by atoms with Crippen LogP contribution in [0, 0.1) is 11.8 Å². The average Bonchev–Trinajstić information content (AvgIpc) is 3.16. The number of hydrogen-bond acceptors (Lipinski definition) is 3. The quantitative estimate of drug-likeness (QED) is 0.861. The molecule has 2 aromatic rings. The summed E-state index contributed by atoms with van der Waals surface area (Å²) in [6.07, 6.45) is 2.90. The normalized spacial score (nSPS) is 15.8. The Kier molecular flexibility index (Phi) is 3.92. The minimum Gasteiger partial charge on any atom is -0.481 e. The number of carboxylic acids is 1. The number of carbonyl (C=O) groups excluding carboxylic acids is 1. The van der Waals surface area contributed by atoms with E-state index in [1.807, 2.05) is 23.6 Å². The van der Waals surface area contributed by atoms with Crippen molar-refractivity contribution in [3.05, 3.63) is 35.2 Å². The molecular weight excluding hydrogens is 286 g/mol. The van der Waals surface area contributed by atoms with Crippen LogP contribution in [0.5, 0.6) is 0 Å². The summed E-state index contributed by atoms with van der Waals surface area (Å²) in [4.78, 5) is 23.3. The Bertz CT molecular complexity index is 675. The van der Waals surface area contributed by atoms with Gasteiger partial charge in [0.05, 0.1) is 5.92 Å². The molecule has 3 rings (SSSR count). The van der Waals surface area contributed by atoms with E-state index >= 15 is 0 Å². The Morgan fingerprint density at radius 1 is 1.33 bits per heavy atom. The first-order valence-corrected chi connectivity index (χ1v) is 7.99. The van der Waals surface area contributed by atoms with Crippen LogP contribution < -0.4 is 5.32 Å². The molecule has 1 amide bonds. The monoisotopic (exact) mass is 303 g/mol. The molecule has 5 heteroatoms. The van der Waals surface area contributed by atoms with Gasteiger partial charge in [-0.3, -0.25) is 9.59 Å². The van der Waals surface area contributed by atoms with Gasteiger partial charge < -0.3 is 10.4 Å². The first-order valence-electron chi connectivity index (χ1n) is 7.12. The van der Waals surface area contributed by atoms with E-state index in [9.17, 15) is 14.7 Å². The lowest BCUT2D eigenvalue weighted by Gasteiger charge is -2.13. The van der Waals surface area contributed by atoms with Gasteiger partial charge in [0.15, 0.2) is 0 Å². The molecule has 1 aliphatic carbocycles. The summed E-state index contributed by atoms with van der Waals surface area (Å²) in [6.45, 7) is 0.201. The van der Waals surface area contributed by atoms with Crippen LogP contribution in [0.1, 0.15) is 29.6 Å². The van der Waals surface area contributed by atoms with Gasteiger partial charge in [0.25, 0.3) is 5.91 Å². The first-order chi connectivity index (χ1) is 10.1. The van der Waals surface area contributed by atoms with Crippen molar-refractivity contribution in [3.63, 3.8) is 0 Å². The van der Waals surface area contributed by atoms with Crippen LogP contribution in [-0.2, 0) is 4.79 Å². The number of amides is 1. The second-order valence-corrected chi connectivity index (χ2v) is 6.55. The van der Waals surface area contributed by atoms with Gasteiger partial charge in [0.2, 0.25) is 0 Å². The number of hydrogen-bond donors (Lipinski definition) is 2. The van der Waals surface area contributed by atoms with Crippen molar-refractivity contribution in [1.29, 1.82) is 0 Å². The van der Waals surface area contributed by atoms with Gasteiger partial charge in [-0.15, -0.1) is 11.3 Å². The predicted octanol–water partition coefficient (Wildman–Crippen LogP) is 3.13. The SMILES string of the molecule is O=C(NC[C@H](CC1CC1)C(=O)O)c1ccc2sccc2c1. The molecule has 21 heavy (non-hydrogen) atoms. The average molecular weight is 303 g/mol. The summed E-state index contributed by atoms with van der Waals surface area (Å²) >= 11 is 1.63. The molecule has 1 aliphatic rings. The smallest absolute Gasteiger partial charge is 0.308 e. The third-order valence-corrected chi connectivity index (χ3v) is 4.79. The molecule has 0 spiro atoms. The highest BCUT2D eigenvalue weighted by molar-refractivity contribution is 7.17. The maximum absolute atomic E-state index is 12.1. The zero-order valence-electron chi connectivity index (χ0n) is 11.5. The molecule has 1 saturated carbocycles. The molecule has 0 unspecified atom stereocenters. The fourth-order valence-corrected chi connectivity index (χ4v) is 3.22. The second kappa shape index (κ2) is 5.85. The van der Waals surface area contributed by atoms with Crippen LogP contribution in [0.2, 0.25) is 0 Å². The van der Waals surface area contributed by atoms with Crippen molar-refractivity contribution < 1.29 is 14.7 Å². The van der Waals surface area contributed by atoms with Crippen molar-refractivity contribution in [1.82, 2.24) is 5.32 Å². The van der Waals surface area contributed by atoms with Gasteiger partial charge in [0, 0.05) is 16.8 Å². The van der Waals surface area contributed by atoms with Crippen molar-refractivity contribution in [2.24, 2.45) is 11.8 Å². The fraction of sp³-hybridized carbons (Fsp3) is 0.375. The largest absolute Gasteiger partial charge is 0.481 e. The van der Waals surface area contributed by atoms with Crippen LogP contribution in [0.15, 0.2) is 29.6 Å². The summed E-state index contributed by atoms with van der Waals surface area (Å²) in [5, 5.41) is 15.0. The highest BCUT2D eigenvalue weighted by Gasteiger charge is 2.29. The number of nitrogens with one attached hydrogen (secondary N) is 1. The second-order valence-electron chi connectivity index (χ2n) is 5.60. The minimum atomic E-state index is -0.824. The lowest BCUT2D eigenvalue weighted by molar-refractivity contribution is -0.141. The van der Waals surface area contributed by atoms with E-state index in [2.05, 4.69) is 5.32 Å². The molecule has 2 N–H and O–H groups in total. The molecular formula is C16H17NO3S. The Hall–Kier alpha value is -1.88. The highest BCUT2D eigenvalue weighted by atomic mass is 32.1. The Labute approximate surface area is 126 Å². The van der Waals surface area contributed by atoms with Gasteiger partial charge in [-0.25, -0.2) is 0 Å². The van der Waals surface area contributed by atoms with Gasteiger partial charge in [0.1, 0.15) is 0 Å². The molecule has 4 nitrogen and oxygen atoms in total. The molecule has 0 saturated heterocycles. The number of carboxylic acid groups (broad SMARTS) is 1. The molecule has 1 aromatic carbocycles. The minimum absolute atomic E-state index is 0.201. The van der Waals surface area contributed by atoms with E-state index in [0.29, 0.717) is 17.9 Å². The Morgan fingerprint density at radius 3 is 2.86 bits per heavy atom. The van der Waals surface area contributed by atoms with Gasteiger partial charge in [-0.05, 0) is 47.4 Å². The number of aliphatic carboxylic acids is 1. The number of benzene rings is 1. The topological polar surface area (TPSA) is 66.4 Å². The number of carbonyl (C=O) groups is 2. The van der Waals surface area contributed by atoms with Crippen LogP contribution in [-0.4, -0.2) is 23.5 Å². The van der Waals surface area contributed by atoms with Crippen molar-refractivity contribution >= 4 is 33.3 Å². The molecule has 0 bridgehead atoms. The number of thiophene rings is 1. The molecule has 0 aliphatic heterocycles. The summed E-state index contributed by atoms with van der Waals surface area (Å²) in [6, 6.07) is 7.53. The Balaban J connectivity index is 1.62. The molecule has 110 valence electrons. The van der Waals surface area contributed by atoms with E-state index in [1.54, 1.807) is 17.4 Å². The van der Waals surface area contributed by atoms with Crippen molar-refractivity contribution in [2.75, 3.05) is 6.54 Å². The summed E-state index contributed by atoms with van der Waals surface area (Å²) in [5.74, 6) is -0.975. The molecule has 1 fully saturated rings. The lowest BCUT2D eigenvalue weighted by atomic mass is 10.0. The van der Waals surface area contributed by atoms with Crippen molar-refractivity contribution in [2.45, 2.75) is 19.3 Å². The zero-order chi connectivity index (χ0) is 14.8. The maximum atomic E-state index is 12.1. The maximum Gasteiger partial charge on any atom is 0.308 e. The summed E-state index contributed by atoms with van der Waals surface area (Å²) < 4.78 is 1.14. The molecule has 1 heterocycles. The fourth-order valence-electron chi connectivity index (χ4n) is 2.45. The lowest BCUT2D eigenvalue weighted by Crippen LogP contribution is -2.33. The van der Waals surface area contributed by atoms with Crippen LogP contribution in [0.25, 0.3) is 10.1 Å². The van der Waals surface area contributed by atoms with E-state index < -0.39 is 11.9 Å². The van der Waals surface area contributed by atoms with E-state index in [0.717, 1.165) is 22.9 Å². The van der Waals surface area contributed by atoms with E-state index in [4.69, 9.17) is 0 Å². The van der Waals surface area contributed by atoms with Gasteiger partial charge >= 0.3 is 5.97 Å². The first kappa shape index (κ1) is 14.1. The third kappa shape index (κ3) is 3.42. The van der Waals surface area contributed by atoms with Crippen molar-refractivity contribution in [3.8, 4) is 0 Å². The highest BCUT2D eigenvalue weighted by Crippen LogP contribution is 2.35. The molecule has 1 atom stereocenters. The van der Waals surface area contributed by atoms with Crippen LogP contribution >= 0.6 is 11.3 Å².